The van der Waals surface area contributed by atoms with Crippen LogP contribution in [0.2, 0.25) is 0 Å². The fraction of sp³-hybridized carbons (Fsp3) is 0.500. The van der Waals surface area contributed by atoms with E-state index in [1.54, 1.807) is 0 Å². The van der Waals surface area contributed by atoms with E-state index in [1.165, 1.54) is 30.7 Å². The number of piperidine rings is 1. The van der Waals surface area contributed by atoms with Crippen molar-refractivity contribution in [2.24, 2.45) is 5.92 Å². The maximum atomic E-state index is 11.4. The highest BCUT2D eigenvalue weighted by atomic mass is 16.5. The zero-order chi connectivity index (χ0) is 21.5. The third-order valence-corrected chi connectivity index (χ3v) is 6.85. The highest BCUT2D eigenvalue weighted by molar-refractivity contribution is 5.87. The molecule has 2 aliphatic heterocycles. The highest BCUT2D eigenvalue weighted by Gasteiger charge is 2.46. The molecule has 160 valence electrons. The summed E-state index contributed by atoms with van der Waals surface area (Å²) in [6.45, 7) is 7.59. The quantitative estimate of drug-likeness (QED) is 0.357. The minimum absolute atomic E-state index is 0.215. The minimum atomic E-state index is -0.301. The van der Waals surface area contributed by atoms with Crippen LogP contribution in [0.15, 0.2) is 29.8 Å². The Kier molecular flexibility index (Phi) is 5.45. The lowest BCUT2D eigenvalue weighted by molar-refractivity contribution is -0.942. The molecule has 0 amide bonds. The number of fused-ring (bicyclic) bond motifs is 5. The van der Waals surface area contributed by atoms with Gasteiger partial charge in [0.05, 0.1) is 25.9 Å². The van der Waals surface area contributed by atoms with Crippen LogP contribution < -0.4 is 4.74 Å². The van der Waals surface area contributed by atoms with Gasteiger partial charge in [0.1, 0.15) is 18.3 Å². The number of H-pyrrole nitrogens is 1. The molecule has 1 unspecified atom stereocenters. The van der Waals surface area contributed by atoms with Crippen molar-refractivity contribution in [1.82, 2.24) is 4.98 Å². The first-order chi connectivity index (χ1) is 14.3. The average Bonchev–Trinajstić information content (AvgIpc) is 3.05. The van der Waals surface area contributed by atoms with E-state index in [9.17, 15) is 9.59 Å². The third kappa shape index (κ3) is 3.76. The Labute approximate surface area is 177 Å². The largest absolute Gasteiger partial charge is 0.466 e. The number of esters is 2. The summed E-state index contributed by atoms with van der Waals surface area (Å²) < 4.78 is 11.6. The average molecular weight is 412 g/mol. The van der Waals surface area contributed by atoms with Crippen molar-refractivity contribution >= 4 is 22.8 Å². The van der Waals surface area contributed by atoms with Gasteiger partial charge in [0, 0.05) is 37.6 Å². The Morgan fingerprint density at radius 2 is 2.07 bits per heavy atom. The summed E-state index contributed by atoms with van der Waals surface area (Å²) in [5, 5.41) is 1.16. The summed E-state index contributed by atoms with van der Waals surface area (Å²) in [4.78, 5) is 26.2. The number of aromatic amines is 1. The monoisotopic (exact) mass is 411 g/mol. The van der Waals surface area contributed by atoms with Gasteiger partial charge in [-0.2, -0.15) is 0 Å². The maximum absolute atomic E-state index is 11.4. The number of aromatic nitrogens is 1. The van der Waals surface area contributed by atoms with E-state index in [-0.39, 0.29) is 11.9 Å². The number of nitrogens with one attached hydrogen (secondary N) is 1. The van der Waals surface area contributed by atoms with Gasteiger partial charge in [-0.1, -0.05) is 6.08 Å². The summed E-state index contributed by atoms with van der Waals surface area (Å²) in [5.41, 5.74) is 5.23. The lowest BCUT2D eigenvalue weighted by atomic mass is 9.78. The lowest BCUT2D eigenvalue weighted by Crippen LogP contribution is -2.56. The van der Waals surface area contributed by atoms with E-state index in [1.807, 2.05) is 18.2 Å². The van der Waals surface area contributed by atoms with Gasteiger partial charge in [0.15, 0.2) is 0 Å². The predicted molar refractivity (Wildman–Crippen MR) is 115 cm³/mol. The van der Waals surface area contributed by atoms with Crippen LogP contribution in [0.3, 0.4) is 0 Å². The first-order valence-corrected chi connectivity index (χ1v) is 10.8. The molecule has 0 aliphatic carbocycles. The molecule has 3 heterocycles. The maximum Gasteiger partial charge on any atom is 0.308 e. The Bertz CT molecular complexity index is 1020. The topological polar surface area (TPSA) is 68.4 Å². The molecule has 1 aromatic heterocycles. The number of likely N-dealkylation sites (N-methyl/N-ethyl adjacent to an activating group) is 1. The fourth-order valence-electron chi connectivity index (χ4n) is 5.37. The number of allylic oxidation sites excluding steroid dienone is 1. The summed E-state index contributed by atoms with van der Waals surface area (Å²) in [6, 6.07) is 6.22. The summed E-state index contributed by atoms with van der Waals surface area (Å²) in [6.07, 6.45) is 5.15. The van der Waals surface area contributed by atoms with Crippen LogP contribution in [-0.4, -0.2) is 48.1 Å². The molecule has 6 heteroatoms. The van der Waals surface area contributed by atoms with E-state index in [0.717, 1.165) is 47.7 Å². The van der Waals surface area contributed by atoms with Gasteiger partial charge in [-0.05, 0) is 48.6 Å². The number of benzene rings is 1. The minimum Gasteiger partial charge on any atom is -0.466 e. The van der Waals surface area contributed by atoms with Crippen LogP contribution >= 0.6 is 0 Å². The molecule has 0 bridgehead atoms. The summed E-state index contributed by atoms with van der Waals surface area (Å²) in [7, 11) is 2.36. The lowest BCUT2D eigenvalue weighted by Gasteiger charge is -2.50. The van der Waals surface area contributed by atoms with Gasteiger partial charge in [0.25, 0.3) is 0 Å². The van der Waals surface area contributed by atoms with Gasteiger partial charge in [-0.15, -0.1) is 0 Å². The Morgan fingerprint density at radius 1 is 1.27 bits per heavy atom. The molecule has 1 fully saturated rings. The highest BCUT2D eigenvalue weighted by Crippen LogP contribution is 2.47. The van der Waals surface area contributed by atoms with E-state index in [2.05, 4.69) is 25.0 Å². The van der Waals surface area contributed by atoms with Crippen molar-refractivity contribution in [1.29, 1.82) is 0 Å². The first-order valence-electron chi connectivity index (χ1n) is 10.8. The molecule has 6 nitrogen and oxygen atoms in total. The smallest absolute Gasteiger partial charge is 0.308 e. The molecule has 0 radical (unpaired) electrons. The van der Waals surface area contributed by atoms with Crippen molar-refractivity contribution in [2.45, 2.75) is 46.1 Å². The number of nitrogens with zero attached hydrogens (tertiary/aromatic N) is 1. The molecule has 0 saturated carbocycles. The molecule has 1 saturated heterocycles. The van der Waals surface area contributed by atoms with Crippen LogP contribution in [0.5, 0.6) is 5.75 Å². The molecule has 2 aromatic rings. The number of hydrogen-bond acceptors (Lipinski definition) is 4. The molecule has 1 aromatic carbocycles. The molecule has 1 N–H and O–H groups in total. The van der Waals surface area contributed by atoms with Crippen molar-refractivity contribution in [3.63, 3.8) is 0 Å². The van der Waals surface area contributed by atoms with Crippen molar-refractivity contribution in [3.8, 4) is 5.75 Å². The van der Waals surface area contributed by atoms with Crippen molar-refractivity contribution in [3.05, 3.63) is 41.1 Å². The predicted octanol–water partition coefficient (Wildman–Crippen LogP) is 4.06. The van der Waals surface area contributed by atoms with Crippen molar-refractivity contribution < 1.29 is 23.5 Å². The molecule has 4 rings (SSSR count). The Balaban J connectivity index is 1.67. The molecular formula is C24H31N2O4+. The number of rotatable bonds is 4. The molecule has 30 heavy (non-hydrogen) atoms. The zero-order valence-electron chi connectivity index (χ0n) is 18.3. The number of quaternary nitrogens is 1. The Morgan fingerprint density at radius 3 is 2.77 bits per heavy atom. The molecule has 3 atom stereocenters. The van der Waals surface area contributed by atoms with Gasteiger partial charge < -0.3 is 18.9 Å². The number of carbonyl (C=O) groups is 2. The second kappa shape index (κ2) is 7.91. The van der Waals surface area contributed by atoms with Gasteiger partial charge >= 0.3 is 11.9 Å². The van der Waals surface area contributed by atoms with E-state index >= 15 is 0 Å². The standard InChI is InChI=1S/C24H31N2O4/c1-5-17-14-26(4)10-8-20-21-13-19(30-16(3)28)6-7-22(21)25-24(20)23(26)12-18(17)9-11-29-15(2)27/h5-7,13,18,23,25H,8-12,14H2,1-4H3/q+1/b17-5-/t18-,23-,26?/m0/s1. The van der Waals surface area contributed by atoms with Crippen LogP contribution in [0.4, 0.5) is 0 Å². The van der Waals surface area contributed by atoms with Crippen LogP contribution in [0, 0.1) is 5.92 Å². The third-order valence-electron chi connectivity index (χ3n) is 6.85. The molecule has 0 spiro atoms. The SMILES string of the molecule is C/C=C1/C[N+]2(C)CCc3c([nH]c4ccc(OC(C)=O)cc34)[C@@H]2C[C@@H]1CCOC(C)=O. The van der Waals surface area contributed by atoms with Gasteiger partial charge in [0.2, 0.25) is 0 Å². The number of ether oxygens (including phenoxy) is 2. The zero-order valence-corrected chi connectivity index (χ0v) is 18.3. The molecular weight excluding hydrogens is 380 g/mol. The van der Waals surface area contributed by atoms with Crippen LogP contribution in [0.25, 0.3) is 10.9 Å². The summed E-state index contributed by atoms with van der Waals surface area (Å²) >= 11 is 0. The fourth-order valence-corrected chi connectivity index (χ4v) is 5.37. The van der Waals surface area contributed by atoms with E-state index in [4.69, 9.17) is 9.47 Å². The molecule has 2 aliphatic rings. The van der Waals surface area contributed by atoms with Crippen LogP contribution in [-0.2, 0) is 20.7 Å². The van der Waals surface area contributed by atoms with Gasteiger partial charge in [-0.3, -0.25) is 9.59 Å². The first kappa shape index (κ1) is 20.7. The van der Waals surface area contributed by atoms with Crippen LogP contribution in [0.1, 0.15) is 50.9 Å². The number of hydrogen-bond donors (Lipinski definition) is 1. The van der Waals surface area contributed by atoms with E-state index in [0.29, 0.717) is 24.3 Å². The van der Waals surface area contributed by atoms with Crippen molar-refractivity contribution in [2.75, 3.05) is 26.7 Å². The number of carbonyl (C=O) groups excluding carboxylic acids is 2. The summed E-state index contributed by atoms with van der Waals surface area (Å²) in [5.74, 6) is 0.496. The second-order valence-corrected chi connectivity index (χ2v) is 8.87. The van der Waals surface area contributed by atoms with E-state index < -0.39 is 0 Å². The normalized spacial score (nSPS) is 26.9. The Hall–Kier alpha value is -2.60. The van der Waals surface area contributed by atoms with Gasteiger partial charge in [-0.25, -0.2) is 0 Å². The second-order valence-electron chi connectivity index (χ2n) is 8.87.